The fourth-order valence-corrected chi connectivity index (χ4v) is 2.12. The Morgan fingerprint density at radius 2 is 1.67 bits per heavy atom. The zero-order valence-corrected chi connectivity index (χ0v) is 13.9. The summed E-state index contributed by atoms with van der Waals surface area (Å²) in [7, 11) is 0. The molecule has 0 radical (unpaired) electrons. The van der Waals surface area contributed by atoms with E-state index in [1.807, 2.05) is 19.1 Å². The van der Waals surface area contributed by atoms with Crippen molar-refractivity contribution < 1.29 is 9.59 Å². The van der Waals surface area contributed by atoms with E-state index in [-0.39, 0.29) is 24.7 Å². The van der Waals surface area contributed by atoms with E-state index in [4.69, 9.17) is 10.5 Å². The van der Waals surface area contributed by atoms with Crippen LogP contribution in [-0.2, 0) is 4.79 Å². The van der Waals surface area contributed by atoms with Crippen molar-refractivity contribution in [2.75, 3.05) is 18.4 Å². The molecular formula is C18H22N4O2. The highest BCUT2D eigenvalue weighted by molar-refractivity contribution is 5.95. The summed E-state index contributed by atoms with van der Waals surface area (Å²) in [6.07, 6.45) is 2.73. The molecule has 0 aliphatic carbocycles. The van der Waals surface area contributed by atoms with E-state index < -0.39 is 0 Å². The van der Waals surface area contributed by atoms with E-state index >= 15 is 0 Å². The van der Waals surface area contributed by atoms with Crippen LogP contribution in [0.1, 0.15) is 49.4 Å². The van der Waals surface area contributed by atoms with Crippen molar-refractivity contribution in [3.63, 3.8) is 0 Å². The number of benzene rings is 1. The third-order valence-electron chi connectivity index (χ3n) is 3.45. The molecule has 0 aliphatic rings. The monoisotopic (exact) mass is 326 g/mol. The lowest BCUT2D eigenvalue weighted by molar-refractivity contribution is -0.116. The van der Waals surface area contributed by atoms with Crippen LogP contribution in [0.3, 0.4) is 0 Å². The topological polar surface area (TPSA) is 97.0 Å². The van der Waals surface area contributed by atoms with Gasteiger partial charge in [-0.1, -0.05) is 13.3 Å². The second-order valence-corrected chi connectivity index (χ2v) is 5.34. The van der Waals surface area contributed by atoms with Crippen molar-refractivity contribution in [3.8, 4) is 12.1 Å². The number of nitrogens with one attached hydrogen (secondary N) is 1. The predicted octanol–water partition coefficient (Wildman–Crippen LogP) is 3.08. The molecular weight excluding hydrogens is 304 g/mol. The van der Waals surface area contributed by atoms with E-state index in [1.165, 1.54) is 4.90 Å². The lowest BCUT2D eigenvalue weighted by atomic mass is 10.1. The Morgan fingerprint density at radius 3 is 2.17 bits per heavy atom. The average Bonchev–Trinajstić information content (AvgIpc) is 2.60. The van der Waals surface area contributed by atoms with Crippen LogP contribution >= 0.6 is 0 Å². The molecule has 1 aromatic carbocycles. The van der Waals surface area contributed by atoms with Crippen LogP contribution in [0.2, 0.25) is 0 Å². The molecule has 6 heteroatoms. The number of rotatable bonds is 9. The molecule has 0 saturated carbocycles. The number of nitriles is 2. The maximum atomic E-state index is 12.5. The predicted molar refractivity (Wildman–Crippen MR) is 91.0 cm³/mol. The molecule has 1 aromatic rings. The molecule has 0 aliphatic heterocycles. The molecule has 1 N–H and O–H groups in total. The molecule has 1 rings (SSSR count). The SMILES string of the molecule is CCCCC(=O)Nc1ccc(C(=O)N(CCC#N)CCC#N)cc1. The van der Waals surface area contributed by atoms with E-state index in [0.29, 0.717) is 30.8 Å². The first-order valence-corrected chi connectivity index (χ1v) is 8.05. The number of hydrogen-bond donors (Lipinski definition) is 1. The Kier molecular flexibility index (Phi) is 8.63. The van der Waals surface area contributed by atoms with Crippen LogP contribution in [0.15, 0.2) is 24.3 Å². The normalized spacial score (nSPS) is 9.62. The number of amides is 2. The first-order chi connectivity index (χ1) is 11.6. The first kappa shape index (κ1) is 19.2. The summed E-state index contributed by atoms with van der Waals surface area (Å²) in [5.41, 5.74) is 1.12. The summed E-state index contributed by atoms with van der Waals surface area (Å²) < 4.78 is 0. The quantitative estimate of drug-likeness (QED) is 0.754. The Hall–Kier alpha value is -2.86. The molecule has 0 fully saturated rings. The number of anilines is 1. The van der Waals surface area contributed by atoms with Gasteiger partial charge in [-0.25, -0.2) is 0 Å². The van der Waals surface area contributed by atoms with Crippen LogP contribution in [0.4, 0.5) is 5.69 Å². The van der Waals surface area contributed by atoms with Gasteiger partial charge < -0.3 is 10.2 Å². The third kappa shape index (κ3) is 6.50. The van der Waals surface area contributed by atoms with Gasteiger partial charge in [-0.15, -0.1) is 0 Å². The maximum Gasteiger partial charge on any atom is 0.253 e. The standard InChI is InChI=1S/C18H22N4O2/c1-2-3-6-17(23)21-16-9-7-15(8-10-16)18(24)22(13-4-11-19)14-5-12-20/h7-10H,2-6,13-14H2,1H3,(H,21,23). The van der Waals surface area contributed by atoms with Gasteiger partial charge in [0.15, 0.2) is 0 Å². The molecule has 2 amide bonds. The van der Waals surface area contributed by atoms with Gasteiger partial charge in [0.2, 0.25) is 5.91 Å². The largest absolute Gasteiger partial charge is 0.337 e. The van der Waals surface area contributed by atoms with Gasteiger partial charge in [0.05, 0.1) is 25.0 Å². The van der Waals surface area contributed by atoms with Crippen LogP contribution in [-0.4, -0.2) is 29.8 Å². The summed E-state index contributed by atoms with van der Waals surface area (Å²) in [4.78, 5) is 25.6. The summed E-state index contributed by atoms with van der Waals surface area (Å²) in [5, 5.41) is 20.2. The zero-order valence-electron chi connectivity index (χ0n) is 13.9. The van der Waals surface area contributed by atoms with Crippen molar-refractivity contribution in [2.24, 2.45) is 0 Å². The summed E-state index contributed by atoms with van der Waals surface area (Å²) in [6, 6.07) is 10.7. The van der Waals surface area contributed by atoms with Crippen LogP contribution in [0.25, 0.3) is 0 Å². The molecule has 6 nitrogen and oxygen atoms in total. The fourth-order valence-electron chi connectivity index (χ4n) is 2.12. The second kappa shape index (κ2) is 10.8. The first-order valence-electron chi connectivity index (χ1n) is 8.05. The molecule has 0 atom stereocenters. The highest BCUT2D eigenvalue weighted by Crippen LogP contribution is 2.13. The maximum absolute atomic E-state index is 12.5. The minimum Gasteiger partial charge on any atom is -0.337 e. The Bertz CT molecular complexity index is 608. The van der Waals surface area contributed by atoms with E-state index in [0.717, 1.165) is 12.8 Å². The van der Waals surface area contributed by atoms with Gasteiger partial charge in [-0.2, -0.15) is 10.5 Å². The molecule has 0 saturated heterocycles. The number of nitrogens with zero attached hydrogens (tertiary/aromatic N) is 3. The molecule has 0 bridgehead atoms. The van der Waals surface area contributed by atoms with Gasteiger partial charge in [-0.3, -0.25) is 9.59 Å². The Labute approximate surface area is 142 Å². The summed E-state index contributed by atoms with van der Waals surface area (Å²) in [6.45, 7) is 2.62. The van der Waals surface area contributed by atoms with Gasteiger partial charge in [0.25, 0.3) is 5.91 Å². The zero-order chi connectivity index (χ0) is 17.8. The van der Waals surface area contributed by atoms with Gasteiger partial charge in [0, 0.05) is 30.8 Å². The molecule has 126 valence electrons. The minimum absolute atomic E-state index is 0.0411. The van der Waals surface area contributed by atoms with Crippen molar-refractivity contribution in [2.45, 2.75) is 39.0 Å². The highest BCUT2D eigenvalue weighted by atomic mass is 16.2. The number of unbranched alkanes of at least 4 members (excludes halogenated alkanes) is 1. The Balaban J connectivity index is 2.71. The molecule has 0 unspecified atom stereocenters. The van der Waals surface area contributed by atoms with E-state index in [1.54, 1.807) is 24.3 Å². The highest BCUT2D eigenvalue weighted by Gasteiger charge is 2.15. The lowest BCUT2D eigenvalue weighted by Gasteiger charge is -2.20. The molecule has 0 heterocycles. The fraction of sp³-hybridized carbons (Fsp3) is 0.444. The number of carbonyl (C=O) groups excluding carboxylic acids is 2. The number of carbonyl (C=O) groups is 2. The van der Waals surface area contributed by atoms with Gasteiger partial charge in [-0.05, 0) is 30.7 Å². The smallest absolute Gasteiger partial charge is 0.253 e. The average molecular weight is 326 g/mol. The van der Waals surface area contributed by atoms with Crippen molar-refractivity contribution in [3.05, 3.63) is 29.8 Å². The molecule has 24 heavy (non-hydrogen) atoms. The number of hydrogen-bond acceptors (Lipinski definition) is 4. The molecule has 0 aromatic heterocycles. The van der Waals surface area contributed by atoms with Crippen LogP contribution in [0, 0.1) is 22.7 Å². The third-order valence-corrected chi connectivity index (χ3v) is 3.45. The second-order valence-electron chi connectivity index (χ2n) is 5.34. The van der Waals surface area contributed by atoms with Gasteiger partial charge in [0.1, 0.15) is 0 Å². The van der Waals surface area contributed by atoms with E-state index in [2.05, 4.69) is 5.32 Å². The summed E-state index contributed by atoms with van der Waals surface area (Å²) >= 11 is 0. The Morgan fingerprint density at radius 1 is 1.08 bits per heavy atom. The van der Waals surface area contributed by atoms with E-state index in [9.17, 15) is 9.59 Å². The van der Waals surface area contributed by atoms with Gasteiger partial charge >= 0.3 is 0 Å². The minimum atomic E-state index is -0.218. The van der Waals surface area contributed by atoms with Crippen LogP contribution < -0.4 is 5.32 Å². The summed E-state index contributed by atoms with van der Waals surface area (Å²) in [5.74, 6) is -0.259. The lowest BCUT2D eigenvalue weighted by Crippen LogP contribution is -2.32. The van der Waals surface area contributed by atoms with Crippen molar-refractivity contribution >= 4 is 17.5 Å². The van der Waals surface area contributed by atoms with Crippen molar-refractivity contribution in [1.29, 1.82) is 10.5 Å². The van der Waals surface area contributed by atoms with Crippen molar-refractivity contribution in [1.82, 2.24) is 4.90 Å². The van der Waals surface area contributed by atoms with Crippen LogP contribution in [0.5, 0.6) is 0 Å². The molecule has 0 spiro atoms.